The third-order valence-electron chi connectivity index (χ3n) is 7.54. The molecule has 0 aliphatic carbocycles. The molecule has 45 heavy (non-hydrogen) atoms. The normalized spacial score (nSPS) is 14.7. The van der Waals surface area contributed by atoms with Crippen LogP contribution in [0.2, 0.25) is 5.02 Å². The fourth-order valence-corrected chi connectivity index (χ4v) is 6.74. The highest BCUT2D eigenvalue weighted by Gasteiger charge is 2.34. The van der Waals surface area contributed by atoms with Crippen LogP contribution in [-0.4, -0.2) is 23.8 Å². The van der Waals surface area contributed by atoms with E-state index in [4.69, 9.17) is 30.8 Å². The van der Waals surface area contributed by atoms with E-state index < -0.39 is 12.0 Å². The first-order chi connectivity index (χ1) is 21.9. The molecular weight excluding hydrogens is 608 g/mol. The molecular formula is C36H31ClN2O5S. The standard InChI is InChI=1S/C36H31ClN2O5S/c1-4-42-30-19-23(17-18-29(30)44-21-25-12-7-9-16-28(25)37)20-31-34(40)39-33(27-15-10-13-24-11-6-8-14-26(24)27)32(35(41)43-5-2)22(3)38-36(39)45-31/h6-20,33H,4-5,21H2,1-3H3/b31-20-/t33-/m1/s1. The van der Waals surface area contributed by atoms with Crippen molar-refractivity contribution in [2.75, 3.05) is 13.2 Å². The van der Waals surface area contributed by atoms with E-state index in [0.717, 1.165) is 27.5 Å². The molecule has 0 radical (unpaired) electrons. The lowest BCUT2D eigenvalue weighted by Crippen LogP contribution is -2.40. The van der Waals surface area contributed by atoms with E-state index in [9.17, 15) is 9.59 Å². The van der Waals surface area contributed by atoms with Gasteiger partial charge in [-0.25, -0.2) is 9.79 Å². The maximum absolute atomic E-state index is 14.2. The summed E-state index contributed by atoms with van der Waals surface area (Å²) < 4.78 is 19.5. The number of aromatic nitrogens is 1. The van der Waals surface area contributed by atoms with Crippen molar-refractivity contribution in [3.63, 3.8) is 0 Å². The van der Waals surface area contributed by atoms with Crippen molar-refractivity contribution in [1.29, 1.82) is 0 Å². The Morgan fingerprint density at radius 2 is 1.73 bits per heavy atom. The summed E-state index contributed by atoms with van der Waals surface area (Å²) in [4.78, 5) is 32.8. The lowest BCUT2D eigenvalue weighted by molar-refractivity contribution is -0.139. The molecule has 0 N–H and O–H groups in total. The smallest absolute Gasteiger partial charge is 0.338 e. The quantitative estimate of drug-likeness (QED) is 0.170. The van der Waals surface area contributed by atoms with Crippen molar-refractivity contribution < 1.29 is 19.0 Å². The molecule has 1 aliphatic heterocycles. The third kappa shape index (κ3) is 6.03. The van der Waals surface area contributed by atoms with Crippen LogP contribution in [0.5, 0.6) is 11.5 Å². The predicted molar refractivity (Wildman–Crippen MR) is 178 cm³/mol. The van der Waals surface area contributed by atoms with Crippen LogP contribution in [-0.2, 0) is 16.1 Å². The summed E-state index contributed by atoms with van der Waals surface area (Å²) >= 11 is 7.59. The zero-order valence-corrected chi connectivity index (χ0v) is 26.7. The second-order valence-electron chi connectivity index (χ2n) is 10.4. The molecule has 0 amide bonds. The fourth-order valence-electron chi connectivity index (χ4n) is 5.50. The van der Waals surface area contributed by atoms with E-state index in [0.29, 0.717) is 43.7 Å². The van der Waals surface area contributed by atoms with Crippen LogP contribution in [0.1, 0.15) is 43.5 Å². The van der Waals surface area contributed by atoms with E-state index in [1.807, 2.05) is 97.9 Å². The molecule has 4 aromatic carbocycles. The van der Waals surface area contributed by atoms with Gasteiger partial charge in [-0.15, -0.1) is 0 Å². The molecule has 2 heterocycles. The summed E-state index contributed by atoms with van der Waals surface area (Å²) in [5.74, 6) is 0.640. The molecule has 9 heteroatoms. The molecule has 1 aromatic heterocycles. The largest absolute Gasteiger partial charge is 0.490 e. The molecule has 228 valence electrons. The molecule has 0 bridgehead atoms. The van der Waals surface area contributed by atoms with Crippen LogP contribution < -0.4 is 24.4 Å². The Balaban J connectivity index is 1.45. The van der Waals surface area contributed by atoms with Crippen LogP contribution in [0.3, 0.4) is 0 Å². The third-order valence-corrected chi connectivity index (χ3v) is 8.89. The van der Waals surface area contributed by atoms with Gasteiger partial charge in [-0.05, 0) is 66.9 Å². The molecule has 6 rings (SSSR count). The number of thiazole rings is 1. The van der Waals surface area contributed by atoms with E-state index in [-0.39, 0.29) is 18.8 Å². The fraction of sp³-hybridized carbons (Fsp3) is 0.194. The summed E-state index contributed by atoms with van der Waals surface area (Å²) in [6.07, 6.45) is 1.81. The van der Waals surface area contributed by atoms with E-state index >= 15 is 0 Å². The first kappa shape index (κ1) is 30.4. The summed E-state index contributed by atoms with van der Waals surface area (Å²) in [5, 5.41) is 2.59. The van der Waals surface area contributed by atoms with E-state index in [2.05, 4.69) is 0 Å². The number of ether oxygens (including phenoxy) is 3. The predicted octanol–water partition coefficient (Wildman–Crippen LogP) is 6.58. The highest BCUT2D eigenvalue weighted by molar-refractivity contribution is 7.07. The Hall–Kier alpha value is -4.66. The number of carbonyl (C=O) groups is 1. The summed E-state index contributed by atoms with van der Waals surface area (Å²) in [6.45, 7) is 6.39. The minimum absolute atomic E-state index is 0.211. The maximum atomic E-state index is 14.2. The molecule has 0 spiro atoms. The summed E-state index contributed by atoms with van der Waals surface area (Å²) in [7, 11) is 0. The molecule has 1 aliphatic rings. The van der Waals surface area contributed by atoms with Gasteiger partial charge >= 0.3 is 5.97 Å². The maximum Gasteiger partial charge on any atom is 0.338 e. The van der Waals surface area contributed by atoms with Crippen LogP contribution in [0.25, 0.3) is 16.8 Å². The van der Waals surface area contributed by atoms with Gasteiger partial charge in [0.25, 0.3) is 5.56 Å². The Kier molecular flexibility index (Phi) is 8.87. The number of rotatable bonds is 9. The lowest BCUT2D eigenvalue weighted by Gasteiger charge is -2.25. The highest BCUT2D eigenvalue weighted by atomic mass is 35.5. The number of nitrogens with zero attached hydrogens (tertiary/aromatic N) is 2. The Labute approximate surface area is 269 Å². The average Bonchev–Trinajstić information content (AvgIpc) is 3.34. The summed E-state index contributed by atoms with van der Waals surface area (Å²) in [5.41, 5.74) is 3.09. The van der Waals surface area contributed by atoms with Crippen molar-refractivity contribution >= 4 is 45.8 Å². The van der Waals surface area contributed by atoms with E-state index in [1.165, 1.54) is 11.3 Å². The van der Waals surface area contributed by atoms with Crippen molar-refractivity contribution in [1.82, 2.24) is 4.57 Å². The summed E-state index contributed by atoms with van der Waals surface area (Å²) in [6, 6.07) is 26.2. The van der Waals surface area contributed by atoms with Gasteiger partial charge in [0.05, 0.1) is 35.1 Å². The topological polar surface area (TPSA) is 79.1 Å². The van der Waals surface area contributed by atoms with Crippen molar-refractivity contribution in [2.24, 2.45) is 4.99 Å². The Morgan fingerprint density at radius 3 is 2.53 bits per heavy atom. The molecule has 0 fully saturated rings. The van der Waals surface area contributed by atoms with Gasteiger partial charge in [-0.1, -0.05) is 89.7 Å². The van der Waals surface area contributed by atoms with Gasteiger partial charge in [0.1, 0.15) is 6.61 Å². The molecule has 0 saturated carbocycles. The van der Waals surface area contributed by atoms with Crippen molar-refractivity contribution in [3.8, 4) is 11.5 Å². The van der Waals surface area contributed by atoms with Crippen molar-refractivity contribution in [3.05, 3.63) is 138 Å². The lowest BCUT2D eigenvalue weighted by atomic mass is 9.91. The number of hydrogen-bond acceptors (Lipinski definition) is 7. The second kappa shape index (κ2) is 13.1. The number of hydrogen-bond donors (Lipinski definition) is 0. The zero-order chi connectivity index (χ0) is 31.5. The van der Waals surface area contributed by atoms with E-state index in [1.54, 1.807) is 18.4 Å². The highest BCUT2D eigenvalue weighted by Crippen LogP contribution is 2.35. The number of fused-ring (bicyclic) bond motifs is 2. The molecule has 7 nitrogen and oxygen atoms in total. The minimum Gasteiger partial charge on any atom is -0.490 e. The molecule has 0 saturated heterocycles. The number of allylic oxidation sites excluding steroid dienone is 1. The van der Waals surface area contributed by atoms with Gasteiger partial charge in [-0.2, -0.15) is 0 Å². The van der Waals surface area contributed by atoms with Crippen LogP contribution in [0.15, 0.2) is 106 Å². The number of benzene rings is 4. The van der Waals surface area contributed by atoms with Crippen molar-refractivity contribution in [2.45, 2.75) is 33.4 Å². The van der Waals surface area contributed by atoms with Gasteiger partial charge in [0.2, 0.25) is 0 Å². The molecule has 1 atom stereocenters. The Bertz CT molecular complexity index is 2130. The molecule has 0 unspecified atom stereocenters. The van der Waals surface area contributed by atoms with Crippen LogP contribution >= 0.6 is 22.9 Å². The van der Waals surface area contributed by atoms with Crippen LogP contribution in [0.4, 0.5) is 0 Å². The molecule has 5 aromatic rings. The SMILES string of the molecule is CCOC(=O)C1=C(C)N=c2s/c(=C\c3ccc(OCc4ccccc4Cl)c(OCC)c3)c(=O)n2[C@@H]1c1cccc2ccccc12. The van der Waals surface area contributed by atoms with Gasteiger partial charge < -0.3 is 14.2 Å². The minimum atomic E-state index is -0.701. The second-order valence-corrected chi connectivity index (χ2v) is 11.8. The Morgan fingerprint density at radius 1 is 0.956 bits per heavy atom. The zero-order valence-electron chi connectivity index (χ0n) is 25.1. The number of esters is 1. The monoisotopic (exact) mass is 638 g/mol. The number of carbonyl (C=O) groups excluding carboxylic acids is 1. The van der Waals surface area contributed by atoms with Gasteiger partial charge in [0.15, 0.2) is 16.3 Å². The first-order valence-corrected chi connectivity index (χ1v) is 15.9. The van der Waals surface area contributed by atoms with Gasteiger partial charge in [-0.3, -0.25) is 9.36 Å². The van der Waals surface area contributed by atoms with Crippen LogP contribution in [0, 0.1) is 0 Å². The number of halogens is 1. The van der Waals surface area contributed by atoms with Gasteiger partial charge in [0, 0.05) is 10.6 Å². The first-order valence-electron chi connectivity index (χ1n) is 14.7. The average molecular weight is 639 g/mol.